The van der Waals surface area contributed by atoms with E-state index in [1.54, 1.807) is 31.2 Å². The molecule has 0 spiro atoms. The van der Waals surface area contributed by atoms with Gasteiger partial charge in [-0.1, -0.05) is 31.5 Å². The summed E-state index contributed by atoms with van der Waals surface area (Å²) in [6.45, 7) is 1.76. The van der Waals surface area contributed by atoms with Gasteiger partial charge in [0.2, 0.25) is 10.0 Å². The van der Waals surface area contributed by atoms with E-state index >= 15 is 0 Å². The van der Waals surface area contributed by atoms with Crippen molar-refractivity contribution in [3.8, 4) is 5.75 Å². The number of carbonyl (C=O) groups is 1. The van der Waals surface area contributed by atoms with Crippen molar-refractivity contribution < 1.29 is 23.1 Å². The van der Waals surface area contributed by atoms with Gasteiger partial charge in [-0.3, -0.25) is 4.79 Å². The molecule has 1 unspecified atom stereocenters. The van der Waals surface area contributed by atoms with Crippen LogP contribution in [0.1, 0.15) is 19.8 Å². The Labute approximate surface area is 118 Å². The summed E-state index contributed by atoms with van der Waals surface area (Å²) in [5.74, 6) is -0.875. The van der Waals surface area contributed by atoms with E-state index in [-0.39, 0.29) is 18.8 Å². The zero-order chi connectivity index (χ0) is 15.0. The summed E-state index contributed by atoms with van der Waals surface area (Å²) in [4.78, 5) is 10.9. The fourth-order valence-corrected chi connectivity index (χ4v) is 2.66. The van der Waals surface area contributed by atoms with E-state index in [9.17, 15) is 13.2 Å². The molecule has 0 aliphatic heterocycles. The maximum absolute atomic E-state index is 11.8. The number of aliphatic carboxylic acids is 1. The highest BCUT2D eigenvalue weighted by Gasteiger charge is 2.22. The first-order valence-electron chi connectivity index (χ1n) is 6.35. The van der Waals surface area contributed by atoms with E-state index in [0.29, 0.717) is 12.2 Å². The molecule has 1 rings (SSSR count). The lowest BCUT2D eigenvalue weighted by Gasteiger charge is -2.14. The van der Waals surface area contributed by atoms with E-state index in [2.05, 4.69) is 4.72 Å². The minimum absolute atomic E-state index is 0.0299. The fourth-order valence-electron chi connectivity index (χ4n) is 1.58. The second kappa shape index (κ2) is 7.86. The van der Waals surface area contributed by atoms with Crippen LogP contribution >= 0.6 is 0 Å². The Morgan fingerprint density at radius 1 is 1.35 bits per heavy atom. The van der Waals surface area contributed by atoms with Gasteiger partial charge in [-0.05, 0) is 18.6 Å². The average molecular weight is 301 g/mol. The van der Waals surface area contributed by atoms with Gasteiger partial charge in [-0.25, -0.2) is 13.1 Å². The van der Waals surface area contributed by atoms with Gasteiger partial charge in [-0.15, -0.1) is 0 Å². The van der Waals surface area contributed by atoms with Crippen molar-refractivity contribution in [3.63, 3.8) is 0 Å². The van der Waals surface area contributed by atoms with Crippen molar-refractivity contribution in [2.24, 2.45) is 0 Å². The SMILES string of the molecule is CCCC(NS(=O)(=O)CCOc1ccccc1)C(=O)O. The number of ether oxygens (including phenoxy) is 1. The molecular formula is C13H19NO5S. The monoisotopic (exact) mass is 301 g/mol. The number of hydrogen-bond acceptors (Lipinski definition) is 4. The second-order valence-corrected chi connectivity index (χ2v) is 6.15. The van der Waals surface area contributed by atoms with Gasteiger partial charge in [0.05, 0.1) is 5.75 Å². The molecule has 0 heterocycles. The minimum atomic E-state index is -3.67. The molecule has 0 aliphatic rings. The van der Waals surface area contributed by atoms with Crippen LogP contribution in [-0.4, -0.2) is 37.9 Å². The molecule has 0 fully saturated rings. The molecule has 0 bridgehead atoms. The van der Waals surface area contributed by atoms with Crippen LogP contribution in [-0.2, 0) is 14.8 Å². The zero-order valence-electron chi connectivity index (χ0n) is 11.3. The Morgan fingerprint density at radius 3 is 2.55 bits per heavy atom. The van der Waals surface area contributed by atoms with Crippen molar-refractivity contribution in [2.75, 3.05) is 12.4 Å². The van der Waals surface area contributed by atoms with Crippen LogP contribution in [0, 0.1) is 0 Å². The summed E-state index contributed by atoms with van der Waals surface area (Å²) in [5, 5.41) is 8.91. The number of carboxylic acids is 1. The number of carboxylic acid groups (broad SMARTS) is 1. The third-order valence-corrected chi connectivity index (χ3v) is 3.91. The summed E-state index contributed by atoms with van der Waals surface area (Å²) in [6, 6.07) is 7.75. The van der Waals surface area contributed by atoms with Crippen molar-refractivity contribution in [1.82, 2.24) is 4.72 Å². The fraction of sp³-hybridized carbons (Fsp3) is 0.462. The maximum atomic E-state index is 11.8. The van der Waals surface area contributed by atoms with Crippen LogP contribution in [0.3, 0.4) is 0 Å². The Hall–Kier alpha value is -1.60. The lowest BCUT2D eigenvalue weighted by molar-refractivity contribution is -0.139. The van der Waals surface area contributed by atoms with Crippen LogP contribution in [0.4, 0.5) is 0 Å². The lowest BCUT2D eigenvalue weighted by atomic mass is 10.2. The molecule has 0 radical (unpaired) electrons. The van der Waals surface area contributed by atoms with Crippen LogP contribution < -0.4 is 9.46 Å². The van der Waals surface area contributed by atoms with Gasteiger partial charge in [0.25, 0.3) is 0 Å². The van der Waals surface area contributed by atoms with Crippen molar-refractivity contribution in [3.05, 3.63) is 30.3 Å². The molecule has 0 saturated carbocycles. The zero-order valence-corrected chi connectivity index (χ0v) is 12.1. The molecule has 1 atom stereocenters. The van der Waals surface area contributed by atoms with Gasteiger partial charge in [0.1, 0.15) is 18.4 Å². The smallest absolute Gasteiger partial charge is 0.321 e. The standard InChI is InChI=1S/C13H19NO5S/c1-2-6-12(13(15)16)14-20(17,18)10-9-19-11-7-4-3-5-8-11/h3-5,7-8,12,14H,2,6,9-10H2,1H3,(H,15,16). The molecule has 0 amide bonds. The van der Waals surface area contributed by atoms with E-state index in [4.69, 9.17) is 9.84 Å². The first kappa shape index (κ1) is 16.5. The molecule has 0 aromatic heterocycles. The van der Waals surface area contributed by atoms with Crippen LogP contribution in [0.2, 0.25) is 0 Å². The molecule has 112 valence electrons. The van der Waals surface area contributed by atoms with Gasteiger partial charge in [0, 0.05) is 0 Å². The number of para-hydroxylation sites is 1. The molecular weight excluding hydrogens is 282 g/mol. The Balaban J connectivity index is 2.46. The quantitative estimate of drug-likeness (QED) is 0.716. The second-order valence-electron chi connectivity index (χ2n) is 4.28. The number of nitrogens with one attached hydrogen (secondary N) is 1. The topological polar surface area (TPSA) is 92.7 Å². The summed E-state index contributed by atoms with van der Waals surface area (Å²) in [7, 11) is -3.67. The Bertz CT molecular complexity index is 515. The van der Waals surface area contributed by atoms with E-state index in [1.165, 1.54) is 0 Å². The van der Waals surface area contributed by atoms with Crippen LogP contribution in [0.25, 0.3) is 0 Å². The minimum Gasteiger partial charge on any atom is -0.492 e. The predicted molar refractivity (Wildman–Crippen MR) is 75.2 cm³/mol. The Kier molecular flexibility index (Phi) is 6.47. The summed E-state index contributed by atoms with van der Waals surface area (Å²) >= 11 is 0. The maximum Gasteiger partial charge on any atom is 0.321 e. The summed E-state index contributed by atoms with van der Waals surface area (Å²) in [6.07, 6.45) is 0.841. The summed E-state index contributed by atoms with van der Waals surface area (Å²) < 4.78 is 31.0. The highest BCUT2D eigenvalue weighted by Crippen LogP contribution is 2.08. The number of rotatable bonds is 9. The van der Waals surface area contributed by atoms with Gasteiger partial charge in [-0.2, -0.15) is 0 Å². The first-order valence-corrected chi connectivity index (χ1v) is 8.00. The average Bonchev–Trinajstić information content (AvgIpc) is 2.39. The molecule has 7 heteroatoms. The first-order chi connectivity index (χ1) is 9.44. The number of sulfonamides is 1. The van der Waals surface area contributed by atoms with Crippen LogP contribution in [0.5, 0.6) is 5.75 Å². The van der Waals surface area contributed by atoms with Crippen molar-refractivity contribution >= 4 is 16.0 Å². The molecule has 1 aromatic carbocycles. The van der Waals surface area contributed by atoms with Crippen molar-refractivity contribution in [1.29, 1.82) is 0 Å². The molecule has 0 saturated heterocycles. The van der Waals surface area contributed by atoms with Gasteiger partial charge in [0.15, 0.2) is 0 Å². The summed E-state index contributed by atoms with van der Waals surface area (Å²) in [5.41, 5.74) is 0. The molecule has 1 aromatic rings. The number of benzene rings is 1. The van der Waals surface area contributed by atoms with Crippen LogP contribution in [0.15, 0.2) is 30.3 Å². The predicted octanol–water partition coefficient (Wildman–Crippen LogP) is 1.24. The van der Waals surface area contributed by atoms with Gasteiger partial charge < -0.3 is 9.84 Å². The van der Waals surface area contributed by atoms with Crippen molar-refractivity contribution in [2.45, 2.75) is 25.8 Å². The van der Waals surface area contributed by atoms with E-state index < -0.39 is 22.0 Å². The third-order valence-electron chi connectivity index (χ3n) is 2.56. The van der Waals surface area contributed by atoms with E-state index in [0.717, 1.165) is 0 Å². The largest absolute Gasteiger partial charge is 0.492 e. The molecule has 6 nitrogen and oxygen atoms in total. The lowest BCUT2D eigenvalue weighted by Crippen LogP contribution is -2.42. The van der Waals surface area contributed by atoms with Gasteiger partial charge >= 0.3 is 5.97 Å². The highest BCUT2D eigenvalue weighted by atomic mass is 32.2. The normalized spacial score (nSPS) is 12.8. The highest BCUT2D eigenvalue weighted by molar-refractivity contribution is 7.89. The third kappa shape index (κ3) is 6.03. The molecule has 2 N–H and O–H groups in total. The molecule has 0 aliphatic carbocycles. The Morgan fingerprint density at radius 2 is 2.00 bits per heavy atom. The van der Waals surface area contributed by atoms with E-state index in [1.807, 2.05) is 6.07 Å². The molecule has 20 heavy (non-hydrogen) atoms. The number of hydrogen-bond donors (Lipinski definition) is 2.